The molecule has 1 aromatic carbocycles. The molecule has 1 amide bonds. The predicted molar refractivity (Wildman–Crippen MR) is 131 cm³/mol. The van der Waals surface area contributed by atoms with E-state index in [9.17, 15) is 9.59 Å². The van der Waals surface area contributed by atoms with Gasteiger partial charge in [-0.25, -0.2) is 4.98 Å². The Morgan fingerprint density at radius 1 is 1.12 bits per heavy atom. The Kier molecular flexibility index (Phi) is 6.72. The molecule has 0 saturated heterocycles. The number of hydrogen-bond donors (Lipinski definition) is 1. The molecular weight excluding hydrogens is 416 g/mol. The molecule has 2 N–H and O–H groups in total. The maximum Gasteiger partial charge on any atom is 0.272 e. The van der Waals surface area contributed by atoms with Crippen molar-refractivity contribution in [3.8, 4) is 0 Å². The minimum absolute atomic E-state index is 0.0757. The summed E-state index contributed by atoms with van der Waals surface area (Å²) < 4.78 is 0. The number of rotatable bonds is 6. The third-order valence-corrected chi connectivity index (χ3v) is 6.08. The van der Waals surface area contributed by atoms with Crippen LogP contribution >= 0.6 is 0 Å². The highest BCUT2D eigenvalue weighted by Crippen LogP contribution is 2.23. The fraction of sp³-hybridized carbons (Fsp3) is 0.360. The molecule has 0 spiro atoms. The number of carbonyl (C=O) groups is 2. The largest absolute Gasteiger partial charge is 0.402 e. The molecule has 0 unspecified atom stereocenters. The number of aliphatic imine (C=N–C) groups is 1. The van der Waals surface area contributed by atoms with Gasteiger partial charge < -0.3 is 20.4 Å². The van der Waals surface area contributed by atoms with Gasteiger partial charge in [0.25, 0.3) is 5.91 Å². The van der Waals surface area contributed by atoms with Gasteiger partial charge in [-0.3, -0.25) is 14.6 Å². The first-order chi connectivity index (χ1) is 16.0. The molecule has 0 radical (unpaired) electrons. The molecule has 33 heavy (non-hydrogen) atoms. The molecule has 1 aromatic heterocycles. The summed E-state index contributed by atoms with van der Waals surface area (Å²) in [6.07, 6.45) is 3.78. The van der Waals surface area contributed by atoms with Crippen LogP contribution in [0.2, 0.25) is 0 Å². The Hall–Kier alpha value is -3.68. The standard InChI is InChI=1S/C25H30N6O2/c1-29(2)20-7-4-18(5-8-20)15-31-12-3-11-27-24(25(31)33)21-16-30(13-10-22(21)26)23-9-6-19(17-32)14-28-23/h4-9,14,17H,3,10-13,15-16,26H2,1-2H3. The fourth-order valence-electron chi connectivity index (χ4n) is 4.12. The van der Waals surface area contributed by atoms with Crippen molar-refractivity contribution in [2.24, 2.45) is 10.7 Å². The predicted octanol–water partition coefficient (Wildman–Crippen LogP) is 2.26. The number of pyridine rings is 1. The quantitative estimate of drug-likeness (QED) is 0.684. The molecule has 2 aliphatic rings. The van der Waals surface area contributed by atoms with Gasteiger partial charge in [0.2, 0.25) is 0 Å². The number of aldehydes is 1. The molecular formula is C25H30N6O2. The van der Waals surface area contributed by atoms with Gasteiger partial charge in [-0.15, -0.1) is 0 Å². The van der Waals surface area contributed by atoms with E-state index in [1.807, 2.05) is 25.1 Å². The second kappa shape index (κ2) is 9.85. The zero-order chi connectivity index (χ0) is 23.4. The lowest BCUT2D eigenvalue weighted by atomic mass is 10.00. The molecule has 8 heteroatoms. The summed E-state index contributed by atoms with van der Waals surface area (Å²) in [5.74, 6) is 0.679. The van der Waals surface area contributed by atoms with E-state index in [-0.39, 0.29) is 5.91 Å². The van der Waals surface area contributed by atoms with Gasteiger partial charge in [0.05, 0.1) is 0 Å². The molecule has 0 bridgehead atoms. The van der Waals surface area contributed by atoms with Crippen molar-refractivity contribution >= 4 is 29.4 Å². The maximum atomic E-state index is 13.5. The van der Waals surface area contributed by atoms with Crippen molar-refractivity contribution in [1.29, 1.82) is 0 Å². The van der Waals surface area contributed by atoms with Crippen molar-refractivity contribution in [3.63, 3.8) is 0 Å². The van der Waals surface area contributed by atoms with E-state index in [4.69, 9.17) is 5.73 Å². The van der Waals surface area contributed by atoms with E-state index in [1.165, 1.54) is 0 Å². The smallest absolute Gasteiger partial charge is 0.272 e. The molecule has 3 heterocycles. The molecule has 0 aliphatic carbocycles. The third kappa shape index (κ3) is 5.05. The number of amides is 1. The highest BCUT2D eigenvalue weighted by atomic mass is 16.2. The van der Waals surface area contributed by atoms with E-state index in [0.717, 1.165) is 35.3 Å². The van der Waals surface area contributed by atoms with Crippen LogP contribution in [0.3, 0.4) is 0 Å². The average molecular weight is 447 g/mol. The Morgan fingerprint density at radius 2 is 1.91 bits per heavy atom. The number of nitrogens with zero attached hydrogens (tertiary/aromatic N) is 5. The molecule has 0 atom stereocenters. The summed E-state index contributed by atoms with van der Waals surface area (Å²) >= 11 is 0. The molecule has 172 valence electrons. The van der Waals surface area contributed by atoms with E-state index < -0.39 is 0 Å². The number of aromatic nitrogens is 1. The minimum Gasteiger partial charge on any atom is -0.402 e. The lowest BCUT2D eigenvalue weighted by molar-refractivity contribution is -0.124. The van der Waals surface area contributed by atoms with Crippen LogP contribution in [0.1, 0.15) is 28.8 Å². The van der Waals surface area contributed by atoms with Gasteiger partial charge in [-0.1, -0.05) is 12.1 Å². The van der Waals surface area contributed by atoms with Crippen molar-refractivity contribution in [2.45, 2.75) is 19.4 Å². The van der Waals surface area contributed by atoms with Gasteiger partial charge in [0, 0.05) is 82.0 Å². The Bertz CT molecular complexity index is 1070. The molecule has 2 aliphatic heterocycles. The molecule has 4 rings (SSSR count). The van der Waals surface area contributed by atoms with Crippen LogP contribution in [0.15, 0.2) is 58.9 Å². The van der Waals surface area contributed by atoms with Gasteiger partial charge >= 0.3 is 0 Å². The Balaban J connectivity index is 1.52. The van der Waals surface area contributed by atoms with Crippen LogP contribution in [0.4, 0.5) is 11.5 Å². The zero-order valence-corrected chi connectivity index (χ0v) is 19.2. The van der Waals surface area contributed by atoms with E-state index >= 15 is 0 Å². The van der Waals surface area contributed by atoms with E-state index in [0.29, 0.717) is 56.1 Å². The first kappa shape index (κ1) is 22.5. The van der Waals surface area contributed by atoms with Gasteiger partial charge in [0.15, 0.2) is 6.29 Å². The molecule has 0 saturated carbocycles. The summed E-state index contributed by atoms with van der Waals surface area (Å²) in [5.41, 5.74) is 11.1. The summed E-state index contributed by atoms with van der Waals surface area (Å²) in [6.45, 7) is 2.96. The van der Waals surface area contributed by atoms with Crippen LogP contribution in [0, 0.1) is 0 Å². The molecule has 8 nitrogen and oxygen atoms in total. The van der Waals surface area contributed by atoms with Crippen LogP contribution in [0.5, 0.6) is 0 Å². The highest BCUT2D eigenvalue weighted by Gasteiger charge is 2.30. The normalized spacial score (nSPS) is 17.0. The van der Waals surface area contributed by atoms with Crippen molar-refractivity contribution < 1.29 is 9.59 Å². The second-order valence-corrected chi connectivity index (χ2v) is 8.61. The van der Waals surface area contributed by atoms with E-state index in [2.05, 4.69) is 44.0 Å². The van der Waals surface area contributed by atoms with Gasteiger partial charge in [0.1, 0.15) is 11.5 Å². The molecule has 2 aromatic rings. The topological polar surface area (TPSA) is 95.1 Å². The average Bonchev–Trinajstić information content (AvgIpc) is 3.01. The minimum atomic E-state index is -0.0757. The zero-order valence-electron chi connectivity index (χ0n) is 19.2. The lowest BCUT2D eigenvalue weighted by Gasteiger charge is -2.31. The number of carbonyl (C=O) groups excluding carboxylic acids is 2. The van der Waals surface area contributed by atoms with Crippen LogP contribution in [0.25, 0.3) is 0 Å². The number of anilines is 2. The summed E-state index contributed by atoms with van der Waals surface area (Å²) in [5, 5.41) is 0. The Morgan fingerprint density at radius 3 is 2.58 bits per heavy atom. The summed E-state index contributed by atoms with van der Waals surface area (Å²) in [6, 6.07) is 11.8. The van der Waals surface area contributed by atoms with Crippen LogP contribution < -0.4 is 15.5 Å². The number of hydrogen-bond acceptors (Lipinski definition) is 7. The van der Waals surface area contributed by atoms with Gasteiger partial charge in [-0.2, -0.15) is 0 Å². The first-order valence-corrected chi connectivity index (χ1v) is 11.2. The van der Waals surface area contributed by atoms with Crippen molar-refractivity contribution in [3.05, 3.63) is 65.0 Å². The summed E-state index contributed by atoms with van der Waals surface area (Å²) in [4.78, 5) is 39.5. The number of nitrogens with two attached hydrogens (primary N) is 1. The van der Waals surface area contributed by atoms with Gasteiger partial charge in [-0.05, 0) is 36.2 Å². The Labute approximate surface area is 194 Å². The first-order valence-electron chi connectivity index (χ1n) is 11.2. The molecule has 0 fully saturated rings. The fourth-order valence-corrected chi connectivity index (χ4v) is 4.12. The summed E-state index contributed by atoms with van der Waals surface area (Å²) in [7, 11) is 4.02. The van der Waals surface area contributed by atoms with Crippen LogP contribution in [-0.2, 0) is 11.3 Å². The SMILES string of the molecule is CN(C)c1ccc(CN2CCCN=C(C3=C(N)CCN(c4ccc(C=O)cn4)C3)C2=O)cc1. The van der Waals surface area contributed by atoms with Crippen molar-refractivity contribution in [1.82, 2.24) is 9.88 Å². The maximum absolute atomic E-state index is 13.5. The monoisotopic (exact) mass is 446 g/mol. The lowest BCUT2D eigenvalue weighted by Crippen LogP contribution is -2.42. The third-order valence-electron chi connectivity index (χ3n) is 6.08. The number of benzene rings is 1. The van der Waals surface area contributed by atoms with Crippen LogP contribution in [-0.4, -0.2) is 68.1 Å². The second-order valence-electron chi connectivity index (χ2n) is 8.61. The van der Waals surface area contributed by atoms with E-state index in [1.54, 1.807) is 12.3 Å². The highest BCUT2D eigenvalue weighted by molar-refractivity contribution is 6.45. The van der Waals surface area contributed by atoms with Crippen molar-refractivity contribution in [2.75, 3.05) is 50.1 Å².